The van der Waals surface area contributed by atoms with Crippen LogP contribution >= 0.6 is 0 Å². The molecule has 1 heterocycles. The number of ether oxygens (including phenoxy) is 3. The molecule has 1 saturated heterocycles. The van der Waals surface area contributed by atoms with E-state index >= 15 is 0 Å². The van der Waals surface area contributed by atoms with Crippen molar-refractivity contribution in [3.63, 3.8) is 0 Å². The molecule has 302 valence electrons. The van der Waals surface area contributed by atoms with Gasteiger partial charge in [0.05, 0.1) is 5.69 Å². The highest BCUT2D eigenvalue weighted by molar-refractivity contribution is 5.99. The minimum Gasteiger partial charge on any atom is -0.479 e. The van der Waals surface area contributed by atoms with Crippen LogP contribution < -0.4 is 31.7 Å². The van der Waals surface area contributed by atoms with Crippen LogP contribution in [0.1, 0.15) is 78.7 Å². The number of benzene rings is 1. The second-order valence-electron chi connectivity index (χ2n) is 13.6. The van der Waals surface area contributed by atoms with Crippen LogP contribution in [0.15, 0.2) is 18.2 Å². The van der Waals surface area contributed by atoms with Crippen molar-refractivity contribution in [3.05, 3.63) is 23.8 Å². The topological polar surface area (TPSA) is 302 Å². The van der Waals surface area contributed by atoms with Crippen LogP contribution in [0.4, 0.5) is 10.5 Å². The lowest BCUT2D eigenvalue weighted by atomic mass is 9.99. The van der Waals surface area contributed by atoms with Gasteiger partial charge in [-0.1, -0.05) is 33.8 Å². The van der Waals surface area contributed by atoms with Gasteiger partial charge in [-0.25, -0.2) is 9.59 Å². The Morgan fingerprint density at radius 3 is 2.15 bits per heavy atom. The van der Waals surface area contributed by atoms with Gasteiger partial charge in [0.25, 0.3) is 0 Å². The van der Waals surface area contributed by atoms with Crippen molar-refractivity contribution >= 4 is 47.2 Å². The number of unbranched alkanes of at least 4 members (excludes halogenated alkanes) is 1. The predicted molar refractivity (Wildman–Crippen MR) is 189 cm³/mol. The standard InChI is InChI=1S/C35H53N5O14/c1-17(2)23(42)10-6-7-11-25(43)40-26(18(3)4)32(48)39-22(9-8-14-37-35(36)51)31(47)38-21-13-12-20(16-52-19(5)41)15-24(21)53-34-29(46)27(44)28(45)30(54-34)33(49)50/h12-13,15,17-18,22,26-30,34,44-46H,6-11,14,16H2,1-5H3,(H,38,47)(H,39,48)(H,40,43)(H,49,50)(H3,36,37,51)/t22-,26-,27?,28-,29+,30-,34+/m0/s1. The molecule has 0 aromatic heterocycles. The van der Waals surface area contributed by atoms with E-state index in [1.807, 2.05) is 0 Å². The Morgan fingerprint density at radius 2 is 1.56 bits per heavy atom. The maximum atomic E-state index is 13.8. The normalized spacial score (nSPS) is 20.7. The van der Waals surface area contributed by atoms with Gasteiger partial charge < -0.3 is 61.6 Å². The van der Waals surface area contributed by atoms with Crippen molar-refractivity contribution in [3.8, 4) is 5.75 Å². The number of Topliss-reactive ketones (excluding diaryl/α,β-unsaturated/α-hetero) is 1. The second-order valence-corrected chi connectivity index (χ2v) is 13.6. The maximum Gasteiger partial charge on any atom is 0.335 e. The number of hydrogen-bond donors (Lipinski definition) is 9. The third-order valence-corrected chi connectivity index (χ3v) is 8.39. The summed E-state index contributed by atoms with van der Waals surface area (Å²) in [4.78, 5) is 86.3. The molecule has 1 aromatic carbocycles. The lowest BCUT2D eigenvalue weighted by Gasteiger charge is -2.38. The number of carboxylic acid groups (broad SMARTS) is 1. The first-order valence-electron chi connectivity index (χ1n) is 17.6. The van der Waals surface area contributed by atoms with Gasteiger partial charge in [-0.2, -0.15) is 0 Å². The van der Waals surface area contributed by atoms with Gasteiger partial charge in [0, 0.05) is 32.2 Å². The number of hydrogen-bond acceptors (Lipinski definition) is 13. The molecule has 0 radical (unpaired) electrons. The summed E-state index contributed by atoms with van der Waals surface area (Å²) in [5.74, 6) is -4.84. The fourth-order valence-electron chi connectivity index (χ4n) is 5.24. The monoisotopic (exact) mass is 767 g/mol. The number of carbonyl (C=O) groups excluding carboxylic acids is 6. The van der Waals surface area contributed by atoms with Crippen LogP contribution in [0.25, 0.3) is 0 Å². The highest BCUT2D eigenvalue weighted by atomic mass is 16.7. The number of anilines is 1. The molecule has 1 fully saturated rings. The lowest BCUT2D eigenvalue weighted by molar-refractivity contribution is -0.271. The van der Waals surface area contributed by atoms with Gasteiger partial charge in [-0.15, -0.1) is 0 Å². The minimum absolute atomic E-state index is 0.0317. The van der Waals surface area contributed by atoms with Crippen LogP contribution in [0, 0.1) is 11.8 Å². The summed E-state index contributed by atoms with van der Waals surface area (Å²) in [5, 5.41) is 50.7. The van der Waals surface area contributed by atoms with Gasteiger partial charge in [0.1, 0.15) is 48.5 Å². The van der Waals surface area contributed by atoms with Crippen LogP contribution in [0.3, 0.4) is 0 Å². The highest BCUT2D eigenvalue weighted by Gasteiger charge is 2.48. The minimum atomic E-state index is -2.00. The molecule has 1 aliphatic rings. The van der Waals surface area contributed by atoms with Gasteiger partial charge in [0.15, 0.2) is 6.10 Å². The lowest BCUT2D eigenvalue weighted by Crippen LogP contribution is -2.61. The molecule has 5 amide bonds. The van der Waals surface area contributed by atoms with E-state index in [0.717, 1.165) is 0 Å². The molecule has 1 unspecified atom stereocenters. The number of aliphatic hydroxyl groups is 3. The van der Waals surface area contributed by atoms with Crippen LogP contribution in [0.2, 0.25) is 0 Å². The molecule has 19 heteroatoms. The van der Waals surface area contributed by atoms with Gasteiger partial charge in [-0.3, -0.25) is 24.0 Å². The first-order valence-corrected chi connectivity index (χ1v) is 17.6. The first-order chi connectivity index (χ1) is 25.3. The summed E-state index contributed by atoms with van der Waals surface area (Å²) in [6, 6.07) is 0.945. The first kappa shape index (κ1) is 45.3. The summed E-state index contributed by atoms with van der Waals surface area (Å²) in [6.45, 7) is 7.97. The molecular weight excluding hydrogens is 714 g/mol. The molecule has 0 aliphatic carbocycles. The molecule has 19 nitrogen and oxygen atoms in total. The Labute approximate surface area is 312 Å². The summed E-state index contributed by atoms with van der Waals surface area (Å²) in [7, 11) is 0. The molecule has 10 N–H and O–H groups in total. The fraction of sp³-hybridized carbons (Fsp3) is 0.629. The molecule has 0 spiro atoms. The molecule has 1 aliphatic heterocycles. The number of carbonyl (C=O) groups is 7. The third kappa shape index (κ3) is 14.5. The number of nitrogens with one attached hydrogen (secondary N) is 4. The zero-order valence-electron chi connectivity index (χ0n) is 31.0. The number of nitrogens with two attached hydrogens (primary N) is 1. The van der Waals surface area contributed by atoms with E-state index in [1.54, 1.807) is 27.7 Å². The average molecular weight is 768 g/mol. The van der Waals surface area contributed by atoms with E-state index < -0.39 is 84.4 Å². The largest absolute Gasteiger partial charge is 0.479 e. The molecular formula is C35H53N5O14. The number of primary amides is 1. The van der Waals surface area contributed by atoms with E-state index in [-0.39, 0.29) is 55.6 Å². The highest BCUT2D eigenvalue weighted by Crippen LogP contribution is 2.31. The smallest absolute Gasteiger partial charge is 0.335 e. The number of ketones is 1. The number of aliphatic carboxylic acids is 1. The number of carboxylic acids is 1. The molecule has 1 aromatic rings. The number of aliphatic hydroxyl groups excluding tert-OH is 3. The quantitative estimate of drug-likeness (QED) is 0.0579. The Kier molecular flexibility index (Phi) is 18.3. The fourth-order valence-corrected chi connectivity index (χ4v) is 5.24. The molecule has 54 heavy (non-hydrogen) atoms. The number of urea groups is 1. The summed E-state index contributed by atoms with van der Waals surface area (Å²) in [6.07, 6.45) is -8.33. The number of esters is 1. The van der Waals surface area contributed by atoms with Gasteiger partial charge in [0.2, 0.25) is 24.0 Å². The zero-order valence-corrected chi connectivity index (χ0v) is 31.0. The van der Waals surface area contributed by atoms with E-state index in [4.69, 9.17) is 19.9 Å². The average Bonchev–Trinajstić information content (AvgIpc) is 3.09. The van der Waals surface area contributed by atoms with Gasteiger partial charge in [-0.05, 0) is 49.3 Å². The van der Waals surface area contributed by atoms with E-state index in [9.17, 15) is 54.0 Å². The van der Waals surface area contributed by atoms with E-state index in [0.29, 0.717) is 24.8 Å². The van der Waals surface area contributed by atoms with Crippen molar-refractivity contribution in [1.82, 2.24) is 16.0 Å². The van der Waals surface area contributed by atoms with Crippen molar-refractivity contribution in [1.29, 1.82) is 0 Å². The third-order valence-electron chi connectivity index (χ3n) is 8.39. The SMILES string of the molecule is CC(=O)OCc1ccc(NC(=O)[C@H](CCCNC(N)=O)NC(=O)[C@@H](NC(=O)CCCCC(=O)C(C)C)C(C)C)c(O[C@@H]2O[C@H](C(=O)O)[C@@H](O)C(O)[C@H]2O)c1. The summed E-state index contributed by atoms with van der Waals surface area (Å²) >= 11 is 0. The van der Waals surface area contributed by atoms with Crippen molar-refractivity contribution in [2.45, 2.75) is 123 Å². The number of amides is 5. The maximum absolute atomic E-state index is 13.8. The Morgan fingerprint density at radius 1 is 0.889 bits per heavy atom. The van der Waals surface area contributed by atoms with Crippen molar-refractivity contribution < 1.29 is 68.2 Å². The number of rotatable bonds is 21. The Bertz CT molecular complexity index is 1490. The molecule has 0 saturated carbocycles. The van der Waals surface area contributed by atoms with Crippen LogP contribution in [-0.2, 0) is 44.8 Å². The van der Waals surface area contributed by atoms with Crippen molar-refractivity contribution in [2.75, 3.05) is 11.9 Å². The Balaban J connectivity index is 2.33. The van der Waals surface area contributed by atoms with Crippen LogP contribution in [-0.4, -0.2) is 111 Å². The van der Waals surface area contributed by atoms with Crippen molar-refractivity contribution in [2.24, 2.45) is 17.6 Å². The molecule has 7 atom stereocenters. The summed E-state index contributed by atoms with van der Waals surface area (Å²) in [5.41, 5.74) is 5.38. The van der Waals surface area contributed by atoms with Gasteiger partial charge >= 0.3 is 18.0 Å². The molecule has 2 rings (SSSR count). The summed E-state index contributed by atoms with van der Waals surface area (Å²) < 4.78 is 16.0. The molecule has 0 bridgehead atoms. The van der Waals surface area contributed by atoms with Crippen LogP contribution in [0.5, 0.6) is 5.75 Å². The second kappa shape index (κ2) is 21.8. The zero-order chi connectivity index (χ0) is 40.7. The van der Waals surface area contributed by atoms with E-state index in [1.165, 1.54) is 25.1 Å². The van der Waals surface area contributed by atoms with E-state index in [2.05, 4.69) is 21.3 Å². The predicted octanol–water partition coefficient (Wildman–Crippen LogP) is -0.181. The Hall–Kier alpha value is -4.85.